The Kier molecular flexibility index (Phi) is 4.65. The Labute approximate surface area is 114 Å². The summed E-state index contributed by atoms with van der Waals surface area (Å²) >= 11 is 5.73. The van der Waals surface area contributed by atoms with Crippen LogP contribution in [0, 0.1) is 6.92 Å². The molecule has 1 saturated carbocycles. The largest absolute Gasteiger partial charge is 0.334 e. The summed E-state index contributed by atoms with van der Waals surface area (Å²) in [5.41, 5.74) is 2.43. The van der Waals surface area contributed by atoms with Crippen molar-refractivity contribution in [3.05, 3.63) is 35.4 Å². The van der Waals surface area contributed by atoms with Gasteiger partial charge >= 0.3 is 0 Å². The fraction of sp³-hybridized carbons (Fsp3) is 0.533. The molecular weight excluding hydrogens is 246 g/mol. The van der Waals surface area contributed by atoms with Crippen molar-refractivity contribution in [1.82, 2.24) is 4.90 Å². The Bertz CT molecular complexity index is 395. The van der Waals surface area contributed by atoms with Gasteiger partial charge in [-0.25, -0.2) is 0 Å². The summed E-state index contributed by atoms with van der Waals surface area (Å²) < 4.78 is 0. The molecule has 0 saturated heterocycles. The standard InChI is InChI=1S/C15H20ClNO/c1-12-6-8-13(9-7-12)11-17(15(18)10-16)14-4-2-3-5-14/h6-9,14H,2-5,10-11H2,1H3. The molecule has 98 valence electrons. The maximum absolute atomic E-state index is 12.0. The molecule has 0 N–H and O–H groups in total. The van der Waals surface area contributed by atoms with E-state index in [1.54, 1.807) is 0 Å². The lowest BCUT2D eigenvalue weighted by molar-refractivity contribution is -0.131. The van der Waals surface area contributed by atoms with E-state index in [0.717, 1.165) is 12.8 Å². The molecule has 0 aliphatic heterocycles. The fourth-order valence-electron chi connectivity index (χ4n) is 2.60. The van der Waals surface area contributed by atoms with E-state index in [0.29, 0.717) is 12.6 Å². The molecule has 0 aromatic heterocycles. The third kappa shape index (κ3) is 3.26. The van der Waals surface area contributed by atoms with Crippen molar-refractivity contribution in [3.8, 4) is 0 Å². The number of halogens is 1. The van der Waals surface area contributed by atoms with Gasteiger partial charge in [0.1, 0.15) is 5.88 Å². The third-order valence-electron chi connectivity index (χ3n) is 3.67. The molecule has 0 spiro atoms. The molecule has 2 rings (SSSR count). The van der Waals surface area contributed by atoms with E-state index in [2.05, 4.69) is 31.2 Å². The highest BCUT2D eigenvalue weighted by Crippen LogP contribution is 2.25. The summed E-state index contributed by atoms with van der Waals surface area (Å²) in [6.45, 7) is 2.76. The number of alkyl halides is 1. The first kappa shape index (κ1) is 13.4. The maximum Gasteiger partial charge on any atom is 0.238 e. The van der Waals surface area contributed by atoms with Gasteiger partial charge in [0.25, 0.3) is 0 Å². The second kappa shape index (κ2) is 6.24. The molecule has 1 aromatic carbocycles. The molecule has 0 atom stereocenters. The maximum atomic E-state index is 12.0. The first-order chi connectivity index (χ1) is 8.70. The van der Waals surface area contributed by atoms with Crippen molar-refractivity contribution in [1.29, 1.82) is 0 Å². The molecule has 3 heteroatoms. The molecule has 0 unspecified atom stereocenters. The summed E-state index contributed by atoms with van der Waals surface area (Å²) in [5, 5.41) is 0. The third-order valence-corrected chi connectivity index (χ3v) is 3.90. The zero-order valence-electron chi connectivity index (χ0n) is 10.9. The number of aryl methyl sites for hydroxylation is 1. The van der Waals surface area contributed by atoms with E-state index >= 15 is 0 Å². The number of benzene rings is 1. The van der Waals surface area contributed by atoms with Crippen LogP contribution >= 0.6 is 11.6 Å². The fourth-order valence-corrected chi connectivity index (χ4v) is 2.76. The molecule has 18 heavy (non-hydrogen) atoms. The van der Waals surface area contributed by atoms with Gasteiger partial charge in [0, 0.05) is 12.6 Å². The van der Waals surface area contributed by atoms with Gasteiger partial charge in [-0.3, -0.25) is 4.79 Å². The van der Waals surface area contributed by atoms with Crippen molar-refractivity contribution in [3.63, 3.8) is 0 Å². The summed E-state index contributed by atoms with van der Waals surface area (Å²) in [6, 6.07) is 8.76. The Morgan fingerprint density at radius 3 is 2.44 bits per heavy atom. The summed E-state index contributed by atoms with van der Waals surface area (Å²) in [5.74, 6) is 0.145. The minimum atomic E-state index is 0.0594. The summed E-state index contributed by atoms with van der Waals surface area (Å²) in [4.78, 5) is 13.9. The van der Waals surface area contributed by atoms with Crippen LogP contribution in [-0.2, 0) is 11.3 Å². The molecule has 0 bridgehead atoms. The van der Waals surface area contributed by atoms with Gasteiger partial charge in [0.05, 0.1) is 0 Å². The van der Waals surface area contributed by atoms with Crippen LogP contribution in [0.4, 0.5) is 0 Å². The SMILES string of the molecule is Cc1ccc(CN(C(=O)CCl)C2CCCC2)cc1. The molecule has 1 aromatic rings. The van der Waals surface area contributed by atoms with E-state index in [9.17, 15) is 4.79 Å². The van der Waals surface area contributed by atoms with Crippen LogP contribution in [0.1, 0.15) is 36.8 Å². The predicted molar refractivity (Wildman–Crippen MR) is 74.7 cm³/mol. The molecule has 1 fully saturated rings. The van der Waals surface area contributed by atoms with Crippen molar-refractivity contribution in [2.45, 2.75) is 45.2 Å². The predicted octanol–water partition coefficient (Wildman–Crippen LogP) is 3.51. The number of nitrogens with zero attached hydrogens (tertiary/aromatic N) is 1. The number of carbonyl (C=O) groups excluding carboxylic acids is 1. The number of amides is 1. The van der Waals surface area contributed by atoms with Gasteiger partial charge in [-0.05, 0) is 25.3 Å². The van der Waals surface area contributed by atoms with E-state index in [4.69, 9.17) is 11.6 Å². The van der Waals surface area contributed by atoms with Crippen LogP contribution in [0.25, 0.3) is 0 Å². The molecule has 1 aliphatic carbocycles. The van der Waals surface area contributed by atoms with Crippen LogP contribution in [-0.4, -0.2) is 22.7 Å². The van der Waals surface area contributed by atoms with Gasteiger partial charge in [0.15, 0.2) is 0 Å². The molecule has 0 heterocycles. The number of hydrogen-bond donors (Lipinski definition) is 0. The molecule has 2 nitrogen and oxygen atoms in total. The first-order valence-electron chi connectivity index (χ1n) is 6.61. The average Bonchev–Trinajstić information content (AvgIpc) is 2.91. The van der Waals surface area contributed by atoms with Gasteiger partial charge in [-0.15, -0.1) is 11.6 Å². The zero-order valence-corrected chi connectivity index (χ0v) is 11.6. The van der Waals surface area contributed by atoms with Crippen molar-refractivity contribution >= 4 is 17.5 Å². The highest BCUT2D eigenvalue weighted by molar-refractivity contribution is 6.27. The number of carbonyl (C=O) groups is 1. The van der Waals surface area contributed by atoms with E-state index in [1.807, 2.05) is 4.90 Å². The second-order valence-corrected chi connectivity index (χ2v) is 5.35. The van der Waals surface area contributed by atoms with Crippen molar-refractivity contribution in [2.24, 2.45) is 0 Å². The number of hydrogen-bond acceptors (Lipinski definition) is 1. The zero-order chi connectivity index (χ0) is 13.0. The number of rotatable bonds is 4. The monoisotopic (exact) mass is 265 g/mol. The minimum absolute atomic E-state index is 0.0594. The topological polar surface area (TPSA) is 20.3 Å². The van der Waals surface area contributed by atoms with Gasteiger partial charge in [-0.2, -0.15) is 0 Å². The molecular formula is C15H20ClNO. The van der Waals surface area contributed by atoms with Crippen molar-refractivity contribution in [2.75, 3.05) is 5.88 Å². The van der Waals surface area contributed by atoms with Crippen LogP contribution < -0.4 is 0 Å². The van der Waals surface area contributed by atoms with E-state index in [1.165, 1.54) is 24.0 Å². The lowest BCUT2D eigenvalue weighted by Gasteiger charge is -2.28. The summed E-state index contributed by atoms with van der Waals surface area (Å²) in [6.07, 6.45) is 4.69. The Morgan fingerprint density at radius 2 is 1.89 bits per heavy atom. The van der Waals surface area contributed by atoms with Gasteiger partial charge < -0.3 is 4.90 Å². The van der Waals surface area contributed by atoms with Crippen LogP contribution in [0.2, 0.25) is 0 Å². The van der Waals surface area contributed by atoms with Crippen molar-refractivity contribution < 1.29 is 4.79 Å². The lowest BCUT2D eigenvalue weighted by Crippen LogP contribution is -2.39. The Morgan fingerprint density at radius 1 is 1.28 bits per heavy atom. The Hall–Kier alpha value is -1.02. The summed E-state index contributed by atoms with van der Waals surface area (Å²) in [7, 11) is 0. The molecule has 0 radical (unpaired) electrons. The quantitative estimate of drug-likeness (QED) is 0.763. The normalized spacial score (nSPS) is 15.9. The lowest BCUT2D eigenvalue weighted by atomic mass is 10.1. The average molecular weight is 266 g/mol. The van der Waals surface area contributed by atoms with E-state index in [-0.39, 0.29) is 11.8 Å². The van der Waals surface area contributed by atoms with Crippen LogP contribution in [0.15, 0.2) is 24.3 Å². The molecule has 1 aliphatic rings. The van der Waals surface area contributed by atoms with Gasteiger partial charge in [0.2, 0.25) is 5.91 Å². The van der Waals surface area contributed by atoms with Crippen LogP contribution in [0.5, 0.6) is 0 Å². The highest BCUT2D eigenvalue weighted by Gasteiger charge is 2.25. The second-order valence-electron chi connectivity index (χ2n) is 5.08. The smallest absolute Gasteiger partial charge is 0.238 e. The van der Waals surface area contributed by atoms with Crippen LogP contribution in [0.3, 0.4) is 0 Å². The minimum Gasteiger partial charge on any atom is -0.334 e. The van der Waals surface area contributed by atoms with Gasteiger partial charge in [-0.1, -0.05) is 42.7 Å². The first-order valence-corrected chi connectivity index (χ1v) is 7.15. The highest BCUT2D eigenvalue weighted by atomic mass is 35.5. The van der Waals surface area contributed by atoms with E-state index < -0.39 is 0 Å². The molecule has 1 amide bonds. The Balaban J connectivity index is 2.09.